The number of nitrogens with one attached hydrogen (secondary N) is 1. The van der Waals surface area contributed by atoms with Crippen LogP contribution < -0.4 is 11.1 Å². The van der Waals surface area contributed by atoms with Gasteiger partial charge in [-0.3, -0.25) is 4.79 Å². The molecule has 0 aromatic carbocycles. The van der Waals surface area contributed by atoms with E-state index in [1.807, 2.05) is 0 Å². The molecule has 0 unspecified atom stereocenters. The molecule has 62 valence electrons. The van der Waals surface area contributed by atoms with Crippen molar-refractivity contribution in [1.29, 1.82) is 0 Å². The molecule has 12 heavy (non-hydrogen) atoms. The summed E-state index contributed by atoms with van der Waals surface area (Å²) in [5.41, 5.74) is 6.01. The normalized spacial score (nSPS) is 9.00. The predicted octanol–water partition coefficient (Wildman–Crippen LogP) is 0.788. The van der Waals surface area contributed by atoms with Gasteiger partial charge in [0.05, 0.1) is 0 Å². The van der Waals surface area contributed by atoms with Crippen molar-refractivity contribution in [3.05, 3.63) is 31.0 Å². The van der Waals surface area contributed by atoms with E-state index in [4.69, 9.17) is 5.73 Å². The van der Waals surface area contributed by atoms with Crippen molar-refractivity contribution in [1.82, 2.24) is 4.98 Å². The Morgan fingerprint density at radius 2 is 2.50 bits per heavy atom. The van der Waals surface area contributed by atoms with Gasteiger partial charge >= 0.3 is 0 Å². The van der Waals surface area contributed by atoms with Crippen LogP contribution in [0.5, 0.6) is 0 Å². The lowest BCUT2D eigenvalue weighted by Gasteiger charge is -2.00. The minimum atomic E-state index is -0.263. The highest BCUT2D eigenvalue weighted by atomic mass is 16.1. The van der Waals surface area contributed by atoms with Crippen LogP contribution in [0.4, 0.5) is 11.5 Å². The summed E-state index contributed by atoms with van der Waals surface area (Å²) in [7, 11) is 0. The topological polar surface area (TPSA) is 68.0 Å². The molecule has 4 heteroatoms. The Morgan fingerprint density at radius 3 is 3.08 bits per heavy atom. The van der Waals surface area contributed by atoms with Crippen LogP contribution in [-0.2, 0) is 4.79 Å². The van der Waals surface area contributed by atoms with E-state index in [0.29, 0.717) is 11.5 Å². The van der Waals surface area contributed by atoms with Gasteiger partial charge in [0.25, 0.3) is 0 Å². The summed E-state index contributed by atoms with van der Waals surface area (Å²) in [6, 6.07) is 3.22. The van der Waals surface area contributed by atoms with Gasteiger partial charge in [-0.05, 0) is 12.1 Å². The molecule has 0 fully saturated rings. The van der Waals surface area contributed by atoms with Crippen molar-refractivity contribution in [3.8, 4) is 0 Å². The van der Waals surface area contributed by atoms with Crippen LogP contribution in [-0.4, -0.2) is 10.9 Å². The molecule has 0 atom stereocenters. The standard InChI is InChI=1S/C8H9N3O/c1-2-8(12)11-6-3-4-10-7(9)5-6/h2-5H,1H2,(H3,9,10,11,12). The maximum Gasteiger partial charge on any atom is 0.247 e. The van der Waals surface area contributed by atoms with Gasteiger partial charge in [-0.25, -0.2) is 4.98 Å². The third-order valence-corrected chi connectivity index (χ3v) is 1.23. The van der Waals surface area contributed by atoms with Crippen molar-refractivity contribution in [2.24, 2.45) is 0 Å². The highest BCUT2D eigenvalue weighted by molar-refractivity contribution is 5.98. The summed E-state index contributed by atoms with van der Waals surface area (Å²) in [6.45, 7) is 3.32. The van der Waals surface area contributed by atoms with Crippen molar-refractivity contribution >= 4 is 17.4 Å². The third kappa shape index (κ3) is 2.09. The molecule has 0 aliphatic heterocycles. The quantitative estimate of drug-likeness (QED) is 0.633. The Bertz CT molecular complexity index is 309. The van der Waals surface area contributed by atoms with Crippen LogP contribution in [0.1, 0.15) is 0 Å². The fourth-order valence-corrected chi connectivity index (χ4v) is 0.719. The maximum absolute atomic E-state index is 10.8. The zero-order valence-electron chi connectivity index (χ0n) is 6.45. The Morgan fingerprint density at radius 1 is 1.75 bits per heavy atom. The zero-order chi connectivity index (χ0) is 8.97. The number of anilines is 2. The van der Waals surface area contributed by atoms with Gasteiger partial charge in [0.15, 0.2) is 0 Å². The number of nitrogen functional groups attached to an aromatic ring is 1. The van der Waals surface area contributed by atoms with Crippen LogP contribution >= 0.6 is 0 Å². The molecule has 1 rings (SSSR count). The van der Waals surface area contributed by atoms with Crippen molar-refractivity contribution < 1.29 is 4.79 Å². The van der Waals surface area contributed by atoms with E-state index < -0.39 is 0 Å². The lowest BCUT2D eigenvalue weighted by molar-refractivity contribution is -0.111. The Kier molecular flexibility index (Phi) is 2.42. The summed E-state index contributed by atoms with van der Waals surface area (Å²) in [4.78, 5) is 14.6. The number of hydrogen-bond acceptors (Lipinski definition) is 3. The van der Waals surface area contributed by atoms with Gasteiger partial charge in [0.1, 0.15) is 5.82 Å². The van der Waals surface area contributed by atoms with Crippen LogP contribution in [0.3, 0.4) is 0 Å². The van der Waals surface area contributed by atoms with Gasteiger partial charge in [-0.15, -0.1) is 0 Å². The number of carbonyl (C=O) groups is 1. The third-order valence-electron chi connectivity index (χ3n) is 1.23. The van der Waals surface area contributed by atoms with Gasteiger partial charge in [-0.1, -0.05) is 6.58 Å². The largest absolute Gasteiger partial charge is 0.384 e. The second kappa shape index (κ2) is 3.52. The first-order valence-electron chi connectivity index (χ1n) is 3.37. The second-order valence-electron chi connectivity index (χ2n) is 2.16. The predicted molar refractivity (Wildman–Crippen MR) is 47.5 cm³/mol. The summed E-state index contributed by atoms with van der Waals surface area (Å²) < 4.78 is 0. The first-order valence-corrected chi connectivity index (χ1v) is 3.37. The maximum atomic E-state index is 10.8. The molecule has 0 saturated heterocycles. The molecule has 1 aromatic heterocycles. The van der Waals surface area contributed by atoms with Crippen molar-refractivity contribution in [2.75, 3.05) is 11.1 Å². The number of nitrogens with zero attached hydrogens (tertiary/aromatic N) is 1. The molecule has 3 N–H and O–H groups in total. The fourth-order valence-electron chi connectivity index (χ4n) is 0.719. The number of amides is 1. The molecule has 1 aromatic rings. The van der Waals surface area contributed by atoms with Crippen LogP contribution in [0.25, 0.3) is 0 Å². The van der Waals surface area contributed by atoms with Crippen LogP contribution in [0.2, 0.25) is 0 Å². The van der Waals surface area contributed by atoms with Crippen LogP contribution in [0, 0.1) is 0 Å². The van der Waals surface area contributed by atoms with Crippen molar-refractivity contribution in [2.45, 2.75) is 0 Å². The highest BCUT2D eigenvalue weighted by Gasteiger charge is 1.96. The van der Waals surface area contributed by atoms with E-state index in [2.05, 4.69) is 16.9 Å². The Balaban J connectivity index is 2.76. The van der Waals surface area contributed by atoms with Gasteiger partial charge in [-0.2, -0.15) is 0 Å². The summed E-state index contributed by atoms with van der Waals surface area (Å²) in [5.74, 6) is 0.109. The van der Waals surface area contributed by atoms with Gasteiger partial charge < -0.3 is 11.1 Å². The molecule has 0 radical (unpaired) electrons. The number of nitrogens with two attached hydrogens (primary N) is 1. The van der Waals surface area contributed by atoms with E-state index in [0.717, 1.165) is 0 Å². The summed E-state index contributed by atoms with van der Waals surface area (Å²) in [6.07, 6.45) is 2.71. The molecule has 0 spiro atoms. The molecule has 0 aliphatic rings. The summed E-state index contributed by atoms with van der Waals surface area (Å²) in [5, 5.41) is 2.56. The molecule has 0 aliphatic carbocycles. The number of carbonyl (C=O) groups excluding carboxylic acids is 1. The van der Waals surface area contributed by atoms with Gasteiger partial charge in [0.2, 0.25) is 5.91 Å². The smallest absolute Gasteiger partial charge is 0.247 e. The van der Waals surface area contributed by atoms with E-state index in [1.54, 1.807) is 12.1 Å². The van der Waals surface area contributed by atoms with Crippen molar-refractivity contribution in [3.63, 3.8) is 0 Å². The van der Waals surface area contributed by atoms with Gasteiger partial charge in [0, 0.05) is 18.0 Å². The molecular formula is C8H9N3O. The second-order valence-corrected chi connectivity index (χ2v) is 2.16. The molecule has 1 heterocycles. The van der Waals surface area contributed by atoms with E-state index in [-0.39, 0.29) is 5.91 Å². The first kappa shape index (κ1) is 8.26. The number of aromatic nitrogens is 1. The highest BCUT2D eigenvalue weighted by Crippen LogP contribution is 2.08. The molecular weight excluding hydrogens is 154 g/mol. The molecule has 4 nitrogen and oxygen atoms in total. The Hall–Kier alpha value is -1.84. The average Bonchev–Trinajstić information content (AvgIpc) is 2.04. The first-order chi connectivity index (χ1) is 5.72. The number of pyridine rings is 1. The minimum absolute atomic E-state index is 0.263. The Labute approximate surface area is 70.1 Å². The summed E-state index contributed by atoms with van der Waals surface area (Å²) >= 11 is 0. The molecule has 1 amide bonds. The average molecular weight is 163 g/mol. The lowest BCUT2D eigenvalue weighted by atomic mass is 10.4. The minimum Gasteiger partial charge on any atom is -0.384 e. The monoisotopic (exact) mass is 163 g/mol. The SMILES string of the molecule is C=CC(=O)Nc1ccnc(N)c1. The molecule has 0 saturated carbocycles. The number of hydrogen-bond donors (Lipinski definition) is 2. The van der Waals surface area contributed by atoms with E-state index in [9.17, 15) is 4.79 Å². The van der Waals surface area contributed by atoms with Crippen LogP contribution in [0.15, 0.2) is 31.0 Å². The number of rotatable bonds is 2. The van der Waals surface area contributed by atoms with E-state index in [1.165, 1.54) is 12.3 Å². The zero-order valence-corrected chi connectivity index (χ0v) is 6.45. The fraction of sp³-hybridized carbons (Fsp3) is 0. The lowest BCUT2D eigenvalue weighted by Crippen LogP contribution is -2.07. The molecule has 0 bridgehead atoms. The van der Waals surface area contributed by atoms with E-state index >= 15 is 0 Å².